The zero-order valence-corrected chi connectivity index (χ0v) is 19.1. The van der Waals surface area contributed by atoms with Crippen molar-refractivity contribution >= 4 is 13.7 Å². The Bertz CT molecular complexity index is 414. The highest BCUT2D eigenvalue weighted by Crippen LogP contribution is 2.35. The number of phosphoric ester groups is 1. The van der Waals surface area contributed by atoms with E-state index in [4.69, 9.17) is 9.79 Å². The predicted molar refractivity (Wildman–Crippen MR) is 115 cm³/mol. The summed E-state index contributed by atoms with van der Waals surface area (Å²) in [5.74, 6) is -0.0866. The van der Waals surface area contributed by atoms with Crippen molar-refractivity contribution in [3.8, 4) is 0 Å². The zero-order chi connectivity index (χ0) is 21.1. The van der Waals surface area contributed by atoms with Gasteiger partial charge in [0.25, 0.3) is 0 Å². The van der Waals surface area contributed by atoms with Gasteiger partial charge in [0.05, 0.1) is 6.61 Å². The standard InChI is InChI=1S/C21H44NO5P/c1-3-4-5-6-7-8-9-10-11-12-13-14-15-16-17-18-21(23)22-20(2)19-27-28(24,25)26/h20H,3-19H2,1-2H3,(H,22,23)(H2,24,25,26). The highest BCUT2D eigenvalue weighted by Gasteiger charge is 2.16. The molecule has 28 heavy (non-hydrogen) atoms. The number of amides is 1. The maximum atomic E-state index is 11.8. The molecule has 0 bridgehead atoms. The Balaban J connectivity index is 3.30. The topological polar surface area (TPSA) is 95.9 Å². The lowest BCUT2D eigenvalue weighted by molar-refractivity contribution is -0.122. The Morgan fingerprint density at radius 3 is 1.61 bits per heavy atom. The van der Waals surface area contributed by atoms with Gasteiger partial charge in [-0.05, 0) is 13.3 Å². The van der Waals surface area contributed by atoms with Gasteiger partial charge in [-0.25, -0.2) is 4.57 Å². The van der Waals surface area contributed by atoms with Crippen LogP contribution < -0.4 is 5.32 Å². The van der Waals surface area contributed by atoms with Crippen molar-refractivity contribution in [2.75, 3.05) is 6.61 Å². The molecular weight excluding hydrogens is 377 g/mol. The minimum Gasteiger partial charge on any atom is -0.351 e. The van der Waals surface area contributed by atoms with E-state index >= 15 is 0 Å². The summed E-state index contributed by atoms with van der Waals surface area (Å²) >= 11 is 0. The summed E-state index contributed by atoms with van der Waals surface area (Å²) < 4.78 is 15.0. The molecule has 0 aromatic carbocycles. The summed E-state index contributed by atoms with van der Waals surface area (Å²) in [6, 6.07) is -0.406. The van der Waals surface area contributed by atoms with Gasteiger partial charge < -0.3 is 15.1 Å². The zero-order valence-electron chi connectivity index (χ0n) is 18.2. The van der Waals surface area contributed by atoms with Gasteiger partial charge in [-0.1, -0.05) is 96.8 Å². The molecule has 0 saturated carbocycles. The number of hydrogen-bond donors (Lipinski definition) is 3. The van der Waals surface area contributed by atoms with Crippen LogP contribution in [-0.2, 0) is 13.9 Å². The summed E-state index contributed by atoms with van der Waals surface area (Å²) in [4.78, 5) is 29.0. The molecule has 3 N–H and O–H groups in total. The van der Waals surface area contributed by atoms with E-state index in [1.807, 2.05) is 0 Å². The van der Waals surface area contributed by atoms with Crippen LogP contribution in [0.25, 0.3) is 0 Å². The van der Waals surface area contributed by atoms with Crippen LogP contribution in [0.3, 0.4) is 0 Å². The first-order valence-electron chi connectivity index (χ1n) is 11.3. The molecule has 0 heterocycles. The predicted octanol–water partition coefficient (Wildman–Crippen LogP) is 5.86. The summed E-state index contributed by atoms with van der Waals surface area (Å²) in [6.07, 6.45) is 19.8. The summed E-state index contributed by atoms with van der Waals surface area (Å²) in [5, 5.41) is 2.69. The Kier molecular flexibility index (Phi) is 18.3. The maximum absolute atomic E-state index is 11.8. The van der Waals surface area contributed by atoms with Crippen LogP contribution in [0.1, 0.15) is 117 Å². The number of carbonyl (C=O) groups is 1. The first-order valence-corrected chi connectivity index (χ1v) is 12.9. The van der Waals surface area contributed by atoms with Crippen molar-refractivity contribution in [2.45, 2.75) is 123 Å². The van der Waals surface area contributed by atoms with Crippen molar-refractivity contribution in [1.29, 1.82) is 0 Å². The second kappa shape index (κ2) is 18.6. The first-order chi connectivity index (χ1) is 13.3. The van der Waals surface area contributed by atoms with Gasteiger partial charge in [-0.15, -0.1) is 0 Å². The van der Waals surface area contributed by atoms with Crippen molar-refractivity contribution in [3.63, 3.8) is 0 Å². The fourth-order valence-corrected chi connectivity index (χ4v) is 3.67. The van der Waals surface area contributed by atoms with Crippen molar-refractivity contribution < 1.29 is 23.7 Å². The molecule has 1 amide bonds. The largest absolute Gasteiger partial charge is 0.469 e. The Hall–Kier alpha value is -0.420. The average molecular weight is 422 g/mol. The second-order valence-electron chi connectivity index (χ2n) is 7.95. The monoisotopic (exact) mass is 421 g/mol. The fourth-order valence-electron chi connectivity index (χ4n) is 3.25. The molecule has 168 valence electrons. The van der Waals surface area contributed by atoms with Gasteiger partial charge in [0.15, 0.2) is 0 Å². The van der Waals surface area contributed by atoms with Gasteiger partial charge >= 0.3 is 7.82 Å². The lowest BCUT2D eigenvalue weighted by Gasteiger charge is -2.14. The van der Waals surface area contributed by atoms with E-state index in [9.17, 15) is 9.36 Å². The SMILES string of the molecule is CCCCCCCCCCCCCCCCCC(=O)NC(C)COP(=O)(O)O. The van der Waals surface area contributed by atoms with Gasteiger partial charge in [0, 0.05) is 12.5 Å². The lowest BCUT2D eigenvalue weighted by Crippen LogP contribution is -2.35. The van der Waals surface area contributed by atoms with Crippen molar-refractivity contribution in [1.82, 2.24) is 5.32 Å². The fraction of sp³-hybridized carbons (Fsp3) is 0.952. The van der Waals surface area contributed by atoms with Crippen LogP contribution >= 0.6 is 7.82 Å². The van der Waals surface area contributed by atoms with Gasteiger partial charge in [-0.3, -0.25) is 9.32 Å². The number of rotatable bonds is 20. The Morgan fingerprint density at radius 2 is 1.21 bits per heavy atom. The molecule has 1 atom stereocenters. The normalized spacial score (nSPS) is 12.9. The van der Waals surface area contributed by atoms with E-state index in [1.54, 1.807) is 6.92 Å². The number of carbonyl (C=O) groups excluding carboxylic acids is 1. The van der Waals surface area contributed by atoms with Crippen LogP contribution in [0.2, 0.25) is 0 Å². The van der Waals surface area contributed by atoms with Crippen LogP contribution in [0.5, 0.6) is 0 Å². The molecule has 6 nitrogen and oxygen atoms in total. The van der Waals surface area contributed by atoms with Gasteiger partial charge in [0.2, 0.25) is 5.91 Å². The van der Waals surface area contributed by atoms with E-state index in [-0.39, 0.29) is 12.5 Å². The smallest absolute Gasteiger partial charge is 0.351 e. The molecule has 0 aromatic rings. The van der Waals surface area contributed by atoms with Gasteiger partial charge in [-0.2, -0.15) is 0 Å². The van der Waals surface area contributed by atoms with Crippen LogP contribution in [0.4, 0.5) is 0 Å². The lowest BCUT2D eigenvalue weighted by atomic mass is 10.0. The number of hydrogen-bond acceptors (Lipinski definition) is 3. The van der Waals surface area contributed by atoms with E-state index in [2.05, 4.69) is 16.8 Å². The third-order valence-corrected chi connectivity index (χ3v) is 5.39. The summed E-state index contributed by atoms with van der Waals surface area (Å²) in [5.41, 5.74) is 0. The molecule has 7 heteroatoms. The summed E-state index contributed by atoms with van der Waals surface area (Å²) in [6.45, 7) is 3.74. The third kappa shape index (κ3) is 21.9. The Labute approximate surface area is 172 Å². The van der Waals surface area contributed by atoms with Crippen molar-refractivity contribution in [3.05, 3.63) is 0 Å². The highest BCUT2D eigenvalue weighted by atomic mass is 31.2. The molecule has 0 saturated heterocycles. The molecule has 0 aliphatic rings. The highest BCUT2D eigenvalue weighted by molar-refractivity contribution is 7.46. The van der Waals surface area contributed by atoms with E-state index < -0.39 is 13.9 Å². The van der Waals surface area contributed by atoms with E-state index in [0.717, 1.165) is 12.8 Å². The Morgan fingerprint density at radius 1 is 0.821 bits per heavy atom. The van der Waals surface area contributed by atoms with Crippen LogP contribution in [-0.4, -0.2) is 28.3 Å². The average Bonchev–Trinajstić information content (AvgIpc) is 2.62. The molecule has 0 aromatic heterocycles. The second-order valence-corrected chi connectivity index (χ2v) is 9.19. The first kappa shape index (κ1) is 27.6. The van der Waals surface area contributed by atoms with E-state index in [1.165, 1.54) is 83.5 Å². The third-order valence-electron chi connectivity index (χ3n) is 4.91. The number of nitrogens with one attached hydrogen (secondary N) is 1. The van der Waals surface area contributed by atoms with Gasteiger partial charge in [0.1, 0.15) is 0 Å². The maximum Gasteiger partial charge on any atom is 0.469 e. The molecule has 0 aliphatic carbocycles. The summed E-state index contributed by atoms with van der Waals surface area (Å²) in [7, 11) is -4.47. The van der Waals surface area contributed by atoms with Crippen LogP contribution in [0, 0.1) is 0 Å². The molecular formula is C21H44NO5P. The number of unbranched alkanes of at least 4 members (excludes halogenated alkanes) is 14. The van der Waals surface area contributed by atoms with E-state index in [0.29, 0.717) is 6.42 Å². The molecule has 0 rings (SSSR count). The molecule has 0 spiro atoms. The molecule has 0 aliphatic heterocycles. The van der Waals surface area contributed by atoms with Crippen LogP contribution in [0.15, 0.2) is 0 Å². The minimum atomic E-state index is -4.47. The molecule has 0 radical (unpaired) electrons. The van der Waals surface area contributed by atoms with Crippen molar-refractivity contribution in [2.24, 2.45) is 0 Å². The molecule has 0 fully saturated rings. The molecule has 1 unspecified atom stereocenters. The quantitative estimate of drug-likeness (QED) is 0.169. The minimum absolute atomic E-state index is 0.0866. The number of phosphoric acid groups is 1.